The Balaban J connectivity index is 2.56. The first-order chi connectivity index (χ1) is 6.83. The summed E-state index contributed by atoms with van der Waals surface area (Å²) in [5.74, 6) is 0. The highest BCUT2D eigenvalue weighted by atomic mass is 32.2. The number of hydrogen-bond donors (Lipinski definition) is 1. The summed E-state index contributed by atoms with van der Waals surface area (Å²) in [4.78, 5) is 0.281. The first-order valence-electron chi connectivity index (χ1n) is 4.86. The van der Waals surface area contributed by atoms with Crippen LogP contribution in [0.25, 0.3) is 0 Å². The van der Waals surface area contributed by atoms with Crippen molar-refractivity contribution < 1.29 is 13.5 Å². The fraction of sp³-hybridized carbons (Fsp3) is 0.455. The lowest BCUT2D eigenvalue weighted by molar-refractivity contribution is 0.150. The first kappa shape index (κ1) is 10.6. The second kappa shape index (κ2) is 3.06. The number of sulfone groups is 1. The van der Waals surface area contributed by atoms with Crippen LogP contribution < -0.4 is 0 Å². The summed E-state index contributed by atoms with van der Waals surface area (Å²) < 4.78 is 22.7. The molecule has 4 heteroatoms. The lowest BCUT2D eigenvalue weighted by atomic mass is 10.0. The highest BCUT2D eigenvalue weighted by Gasteiger charge is 2.43. The number of benzene rings is 1. The Morgan fingerprint density at radius 3 is 2.40 bits per heavy atom. The zero-order valence-electron chi connectivity index (χ0n) is 8.82. The van der Waals surface area contributed by atoms with Gasteiger partial charge in [-0.1, -0.05) is 6.07 Å². The molecule has 0 aromatic heterocycles. The molecule has 0 saturated heterocycles. The van der Waals surface area contributed by atoms with Crippen molar-refractivity contribution in [2.45, 2.75) is 30.3 Å². The molecule has 1 N–H and O–H groups in total. The Hall–Kier alpha value is -0.870. The van der Waals surface area contributed by atoms with Crippen LogP contribution in [0, 0.1) is 6.92 Å². The van der Waals surface area contributed by atoms with Gasteiger partial charge in [0.25, 0.3) is 0 Å². The van der Waals surface area contributed by atoms with Gasteiger partial charge < -0.3 is 5.11 Å². The van der Waals surface area contributed by atoms with Crippen molar-refractivity contribution in [3.8, 4) is 0 Å². The lowest BCUT2D eigenvalue weighted by Gasteiger charge is -2.12. The van der Waals surface area contributed by atoms with Crippen LogP contribution in [-0.4, -0.2) is 19.8 Å². The number of aryl methyl sites for hydroxylation is 1. The third-order valence-corrected chi connectivity index (χ3v) is 3.97. The molecule has 0 spiro atoms. The largest absolute Gasteiger partial charge is 0.385 e. The third-order valence-electron chi connectivity index (χ3n) is 2.86. The van der Waals surface area contributed by atoms with Gasteiger partial charge in [-0.05, 0) is 43.0 Å². The SMILES string of the molecule is Cc1ccc(S(C)(=O)=O)cc1C1(O)CC1. The Labute approximate surface area is 89.7 Å². The predicted molar refractivity (Wildman–Crippen MR) is 57.4 cm³/mol. The summed E-state index contributed by atoms with van der Waals surface area (Å²) in [6.45, 7) is 1.89. The van der Waals surface area contributed by atoms with E-state index in [0.29, 0.717) is 0 Å². The summed E-state index contributed by atoms with van der Waals surface area (Å²) in [6.07, 6.45) is 2.63. The van der Waals surface area contributed by atoms with E-state index in [2.05, 4.69) is 0 Å². The van der Waals surface area contributed by atoms with Gasteiger partial charge in [0.15, 0.2) is 9.84 Å². The Morgan fingerprint density at radius 2 is 1.93 bits per heavy atom. The molecule has 0 unspecified atom stereocenters. The molecule has 0 heterocycles. The maximum absolute atomic E-state index is 11.4. The topological polar surface area (TPSA) is 54.4 Å². The maximum atomic E-state index is 11.4. The van der Waals surface area contributed by atoms with Gasteiger partial charge >= 0.3 is 0 Å². The minimum Gasteiger partial charge on any atom is -0.385 e. The summed E-state index contributed by atoms with van der Waals surface area (Å²) >= 11 is 0. The molecule has 0 amide bonds. The van der Waals surface area contributed by atoms with Crippen molar-refractivity contribution >= 4 is 9.84 Å². The molecule has 0 aliphatic heterocycles. The molecule has 0 radical (unpaired) electrons. The molecule has 1 aliphatic carbocycles. The Kier molecular flexibility index (Phi) is 2.17. The van der Waals surface area contributed by atoms with Gasteiger partial charge in [-0.3, -0.25) is 0 Å². The normalized spacial score (nSPS) is 18.9. The fourth-order valence-corrected chi connectivity index (χ4v) is 2.37. The average molecular weight is 226 g/mol. The Morgan fingerprint density at radius 1 is 1.33 bits per heavy atom. The quantitative estimate of drug-likeness (QED) is 0.829. The van der Waals surface area contributed by atoms with Crippen LogP contribution in [0.1, 0.15) is 24.0 Å². The second-order valence-electron chi connectivity index (χ2n) is 4.28. The molecule has 0 atom stereocenters. The molecule has 82 valence electrons. The van der Waals surface area contributed by atoms with Gasteiger partial charge in [-0.25, -0.2) is 8.42 Å². The Bertz CT molecular complexity index is 499. The van der Waals surface area contributed by atoms with Gasteiger partial charge in [0.1, 0.15) is 0 Å². The van der Waals surface area contributed by atoms with Crippen LogP contribution in [0.4, 0.5) is 0 Å². The molecule has 1 aromatic rings. The van der Waals surface area contributed by atoms with Crippen molar-refractivity contribution in [3.63, 3.8) is 0 Å². The number of rotatable bonds is 2. The van der Waals surface area contributed by atoms with Gasteiger partial charge in [0.2, 0.25) is 0 Å². The van der Waals surface area contributed by atoms with E-state index in [4.69, 9.17) is 0 Å². The molecule has 1 aliphatic rings. The van der Waals surface area contributed by atoms with E-state index in [1.807, 2.05) is 6.92 Å². The molecule has 15 heavy (non-hydrogen) atoms. The minimum absolute atomic E-state index is 0.281. The van der Waals surface area contributed by atoms with Gasteiger partial charge in [-0.2, -0.15) is 0 Å². The zero-order valence-corrected chi connectivity index (χ0v) is 9.63. The molecular weight excluding hydrogens is 212 g/mol. The minimum atomic E-state index is -3.19. The number of aliphatic hydroxyl groups is 1. The summed E-state index contributed by atoms with van der Waals surface area (Å²) in [5.41, 5.74) is 0.929. The lowest BCUT2D eigenvalue weighted by Crippen LogP contribution is -2.08. The van der Waals surface area contributed by atoms with Gasteiger partial charge in [0, 0.05) is 6.26 Å². The highest BCUT2D eigenvalue weighted by molar-refractivity contribution is 7.90. The van der Waals surface area contributed by atoms with Crippen LogP contribution in [0.2, 0.25) is 0 Å². The standard InChI is InChI=1S/C11H14O3S/c1-8-3-4-9(15(2,13)14)7-10(8)11(12)5-6-11/h3-4,7,12H,5-6H2,1-2H3. The maximum Gasteiger partial charge on any atom is 0.175 e. The molecular formula is C11H14O3S. The van der Waals surface area contributed by atoms with Crippen molar-refractivity contribution in [2.24, 2.45) is 0 Å². The van der Waals surface area contributed by atoms with E-state index in [1.54, 1.807) is 18.2 Å². The first-order valence-corrected chi connectivity index (χ1v) is 6.76. The highest BCUT2D eigenvalue weighted by Crippen LogP contribution is 2.46. The molecule has 1 fully saturated rings. The van der Waals surface area contributed by atoms with Crippen LogP contribution >= 0.6 is 0 Å². The second-order valence-corrected chi connectivity index (χ2v) is 6.30. The van der Waals surface area contributed by atoms with Gasteiger partial charge in [0.05, 0.1) is 10.5 Å². The van der Waals surface area contributed by atoms with Crippen LogP contribution in [-0.2, 0) is 15.4 Å². The zero-order chi connectivity index (χ0) is 11.3. The van der Waals surface area contributed by atoms with E-state index >= 15 is 0 Å². The monoisotopic (exact) mass is 226 g/mol. The van der Waals surface area contributed by atoms with E-state index in [9.17, 15) is 13.5 Å². The summed E-state index contributed by atoms with van der Waals surface area (Å²) in [6, 6.07) is 4.93. The van der Waals surface area contributed by atoms with E-state index < -0.39 is 15.4 Å². The summed E-state index contributed by atoms with van der Waals surface area (Å²) in [5, 5.41) is 9.98. The average Bonchev–Trinajstić information content (AvgIpc) is 2.83. The smallest absolute Gasteiger partial charge is 0.175 e. The molecule has 2 rings (SSSR count). The third kappa shape index (κ3) is 1.92. The van der Waals surface area contributed by atoms with Crippen LogP contribution in [0.5, 0.6) is 0 Å². The molecule has 0 bridgehead atoms. The van der Waals surface area contributed by atoms with Crippen LogP contribution in [0.3, 0.4) is 0 Å². The van der Waals surface area contributed by atoms with E-state index in [-0.39, 0.29) is 4.90 Å². The summed E-state index contributed by atoms with van der Waals surface area (Å²) in [7, 11) is -3.19. The van der Waals surface area contributed by atoms with Gasteiger partial charge in [-0.15, -0.1) is 0 Å². The van der Waals surface area contributed by atoms with Crippen molar-refractivity contribution in [2.75, 3.05) is 6.26 Å². The van der Waals surface area contributed by atoms with Crippen molar-refractivity contribution in [1.82, 2.24) is 0 Å². The fourth-order valence-electron chi connectivity index (χ4n) is 1.72. The van der Waals surface area contributed by atoms with Crippen molar-refractivity contribution in [1.29, 1.82) is 0 Å². The van der Waals surface area contributed by atoms with E-state index in [1.165, 1.54) is 6.26 Å². The van der Waals surface area contributed by atoms with Crippen molar-refractivity contribution in [3.05, 3.63) is 29.3 Å². The molecule has 1 aromatic carbocycles. The predicted octanol–water partition coefficient (Wildman–Crippen LogP) is 1.38. The van der Waals surface area contributed by atoms with E-state index in [0.717, 1.165) is 24.0 Å². The molecule has 1 saturated carbocycles. The molecule has 3 nitrogen and oxygen atoms in total. The van der Waals surface area contributed by atoms with Crippen LogP contribution in [0.15, 0.2) is 23.1 Å². The number of hydrogen-bond acceptors (Lipinski definition) is 3.